The lowest BCUT2D eigenvalue weighted by Crippen LogP contribution is -2.40. The van der Waals surface area contributed by atoms with Crippen molar-refractivity contribution in [3.63, 3.8) is 0 Å². The highest BCUT2D eigenvalue weighted by atomic mass is 16.6. The summed E-state index contributed by atoms with van der Waals surface area (Å²) in [6.45, 7) is 5.29. The highest BCUT2D eigenvalue weighted by Gasteiger charge is 2.33. The molecule has 0 saturated carbocycles. The fraction of sp³-hybridized carbons (Fsp3) is 0.207. The second-order valence-corrected chi connectivity index (χ2v) is 9.27. The minimum absolute atomic E-state index is 0.0272. The van der Waals surface area contributed by atoms with E-state index in [1.54, 1.807) is 82.5 Å². The standard InChI is InChI=1S/C29H27N5O6/c1-5-40-28(36)25-17(3)30-29-32-23(27(35)33(29)26(25)18-8-11-21(39-4)12-9-18)15-20-10-13-22(31-20)19-7-6-16(2)24(14-19)34(37)38/h6-15,26,31H,5H2,1-4H3,(H,30,32). The van der Waals surface area contributed by atoms with Gasteiger partial charge in [-0.15, -0.1) is 0 Å². The molecular formula is C29H27N5O6. The fourth-order valence-corrected chi connectivity index (χ4v) is 4.79. The molecule has 1 aliphatic heterocycles. The number of fused-ring (bicyclic) bond motifs is 1. The van der Waals surface area contributed by atoms with E-state index in [4.69, 9.17) is 9.47 Å². The number of nitro benzene ring substituents is 1. The van der Waals surface area contributed by atoms with Gasteiger partial charge >= 0.3 is 5.97 Å². The largest absolute Gasteiger partial charge is 0.497 e. The van der Waals surface area contributed by atoms with E-state index in [1.165, 1.54) is 10.6 Å². The Hall–Kier alpha value is -5.19. The van der Waals surface area contributed by atoms with E-state index >= 15 is 0 Å². The van der Waals surface area contributed by atoms with Crippen LogP contribution in [0.4, 0.5) is 5.69 Å². The summed E-state index contributed by atoms with van der Waals surface area (Å²) in [5.41, 5.74) is 3.82. The predicted octanol–water partition coefficient (Wildman–Crippen LogP) is 3.29. The van der Waals surface area contributed by atoms with Gasteiger partial charge in [-0.2, -0.15) is 0 Å². The summed E-state index contributed by atoms with van der Waals surface area (Å²) in [7, 11) is 1.56. The summed E-state index contributed by atoms with van der Waals surface area (Å²) in [6.07, 6.45) is 1.64. The van der Waals surface area contributed by atoms with Crippen molar-refractivity contribution in [1.29, 1.82) is 0 Å². The summed E-state index contributed by atoms with van der Waals surface area (Å²) in [6, 6.07) is 14.9. The number of ether oxygens (including phenoxy) is 2. The summed E-state index contributed by atoms with van der Waals surface area (Å²) < 4.78 is 12.0. The third-order valence-electron chi connectivity index (χ3n) is 6.77. The Kier molecular flexibility index (Phi) is 6.95. The number of hydrogen-bond acceptors (Lipinski definition) is 7. The summed E-state index contributed by atoms with van der Waals surface area (Å²) in [5.74, 6) is 0.0924. The first-order valence-electron chi connectivity index (χ1n) is 12.6. The maximum Gasteiger partial charge on any atom is 0.338 e. The first-order valence-corrected chi connectivity index (χ1v) is 12.6. The number of allylic oxidation sites excluding steroid dienone is 1. The number of carbonyl (C=O) groups is 1. The van der Waals surface area contributed by atoms with Crippen molar-refractivity contribution in [3.8, 4) is 17.0 Å². The molecule has 0 saturated heterocycles. The molecule has 11 heteroatoms. The second kappa shape index (κ2) is 10.5. The number of esters is 1. The van der Waals surface area contributed by atoms with Gasteiger partial charge in [0.2, 0.25) is 5.62 Å². The van der Waals surface area contributed by atoms with Crippen LogP contribution in [0.25, 0.3) is 17.3 Å². The molecular weight excluding hydrogens is 514 g/mol. The number of aromatic nitrogens is 3. The van der Waals surface area contributed by atoms with Gasteiger partial charge in [0.25, 0.3) is 11.2 Å². The Morgan fingerprint density at radius 3 is 2.55 bits per heavy atom. The Morgan fingerprint density at radius 1 is 1.12 bits per heavy atom. The molecule has 0 fully saturated rings. The number of rotatable bonds is 7. The molecule has 0 amide bonds. The predicted molar refractivity (Wildman–Crippen MR) is 147 cm³/mol. The van der Waals surface area contributed by atoms with Crippen molar-refractivity contribution in [2.75, 3.05) is 13.7 Å². The van der Waals surface area contributed by atoms with Crippen LogP contribution in [-0.4, -0.2) is 39.1 Å². The van der Waals surface area contributed by atoms with Crippen LogP contribution < -0.4 is 21.3 Å². The Balaban J connectivity index is 1.61. The average Bonchev–Trinajstić information content (AvgIpc) is 3.52. The number of carbonyl (C=O) groups excluding carboxylic acids is 1. The number of H-pyrrole nitrogens is 2. The van der Waals surface area contributed by atoms with E-state index in [-0.39, 0.29) is 28.8 Å². The maximum atomic E-state index is 13.7. The van der Waals surface area contributed by atoms with E-state index in [0.717, 1.165) is 0 Å². The highest BCUT2D eigenvalue weighted by molar-refractivity contribution is 5.91. The Morgan fingerprint density at radius 2 is 1.88 bits per heavy atom. The van der Waals surface area contributed by atoms with E-state index < -0.39 is 16.9 Å². The first kappa shape index (κ1) is 26.4. The van der Waals surface area contributed by atoms with Crippen LogP contribution in [-0.2, 0) is 9.53 Å². The number of methoxy groups -OCH3 is 1. The van der Waals surface area contributed by atoms with Gasteiger partial charge in [0.1, 0.15) is 11.1 Å². The summed E-state index contributed by atoms with van der Waals surface area (Å²) in [5, 5.41) is 11.6. The van der Waals surface area contributed by atoms with Crippen LogP contribution in [0.1, 0.15) is 36.7 Å². The van der Waals surface area contributed by atoms with Crippen molar-refractivity contribution in [2.24, 2.45) is 4.99 Å². The van der Waals surface area contributed by atoms with Gasteiger partial charge in [-0.1, -0.05) is 24.3 Å². The molecule has 2 N–H and O–H groups in total. The monoisotopic (exact) mass is 541 g/mol. The highest BCUT2D eigenvalue weighted by Crippen LogP contribution is 2.31. The number of hydrogen-bond donors (Lipinski definition) is 2. The summed E-state index contributed by atoms with van der Waals surface area (Å²) >= 11 is 0. The molecule has 1 unspecified atom stereocenters. The molecule has 0 bridgehead atoms. The first-order chi connectivity index (χ1) is 19.2. The lowest BCUT2D eigenvalue weighted by atomic mass is 9.96. The number of nitrogens with zero attached hydrogens (tertiary/aromatic N) is 3. The number of imidazole rings is 1. The van der Waals surface area contributed by atoms with Gasteiger partial charge in [-0.25, -0.2) is 9.79 Å². The molecule has 3 heterocycles. The molecule has 1 atom stereocenters. The molecule has 0 spiro atoms. The number of benzene rings is 2. The molecule has 2 aromatic heterocycles. The number of aryl methyl sites for hydroxylation is 1. The molecule has 40 heavy (non-hydrogen) atoms. The molecule has 4 aromatic rings. The minimum atomic E-state index is -0.768. The van der Waals surface area contributed by atoms with Crippen LogP contribution in [0.15, 0.2) is 75.7 Å². The zero-order valence-corrected chi connectivity index (χ0v) is 22.3. The smallest absolute Gasteiger partial charge is 0.338 e. The molecule has 5 rings (SSSR count). The van der Waals surface area contributed by atoms with Gasteiger partial charge in [-0.3, -0.25) is 19.5 Å². The van der Waals surface area contributed by atoms with Crippen molar-refractivity contribution < 1.29 is 19.2 Å². The van der Waals surface area contributed by atoms with E-state index in [0.29, 0.717) is 45.1 Å². The van der Waals surface area contributed by atoms with Crippen molar-refractivity contribution >= 4 is 17.7 Å². The minimum Gasteiger partial charge on any atom is -0.497 e. The van der Waals surface area contributed by atoms with Crippen LogP contribution in [0.3, 0.4) is 0 Å². The zero-order valence-electron chi connectivity index (χ0n) is 22.3. The van der Waals surface area contributed by atoms with Crippen molar-refractivity contribution in [3.05, 3.63) is 114 Å². The quantitative estimate of drug-likeness (QED) is 0.209. The van der Waals surface area contributed by atoms with E-state index in [9.17, 15) is 19.7 Å². The van der Waals surface area contributed by atoms with Crippen molar-refractivity contribution in [1.82, 2.24) is 14.5 Å². The van der Waals surface area contributed by atoms with Crippen LogP contribution in [0.2, 0.25) is 0 Å². The van der Waals surface area contributed by atoms with E-state index in [2.05, 4.69) is 15.0 Å². The molecule has 0 aliphatic carbocycles. The zero-order chi connectivity index (χ0) is 28.6. The van der Waals surface area contributed by atoms with Gasteiger partial charge in [0.15, 0.2) is 0 Å². The van der Waals surface area contributed by atoms with Gasteiger partial charge in [-0.05, 0) is 56.7 Å². The molecule has 1 aliphatic rings. The molecule has 204 valence electrons. The number of aromatic amines is 2. The maximum absolute atomic E-state index is 13.7. The topological polar surface area (TPSA) is 145 Å². The van der Waals surface area contributed by atoms with Crippen molar-refractivity contribution in [2.45, 2.75) is 26.8 Å². The third kappa shape index (κ3) is 4.73. The normalized spacial score (nSPS) is 15.0. The third-order valence-corrected chi connectivity index (χ3v) is 6.77. The van der Waals surface area contributed by atoms with Crippen LogP contribution >= 0.6 is 0 Å². The lowest BCUT2D eigenvalue weighted by Gasteiger charge is -2.24. The fourth-order valence-electron chi connectivity index (χ4n) is 4.79. The average molecular weight is 542 g/mol. The Labute approximate surface area is 228 Å². The molecule has 11 nitrogen and oxygen atoms in total. The number of nitrogens with one attached hydrogen (secondary N) is 2. The van der Waals surface area contributed by atoms with Gasteiger partial charge in [0, 0.05) is 28.6 Å². The lowest BCUT2D eigenvalue weighted by molar-refractivity contribution is -0.385. The summed E-state index contributed by atoms with van der Waals surface area (Å²) in [4.78, 5) is 48.5. The van der Waals surface area contributed by atoms with Gasteiger partial charge in [0.05, 0.1) is 36.0 Å². The SMILES string of the molecule is CCOC(=O)C1=C(C)N=c2[nH]c(=Cc3ccc(-c4ccc(C)c([N+](=O)[O-])c4)[nH]3)c(=O)n2C1c1ccc(OC)cc1. The Bertz CT molecular complexity index is 1840. The van der Waals surface area contributed by atoms with Gasteiger partial charge < -0.3 is 19.4 Å². The van der Waals surface area contributed by atoms with E-state index in [1.807, 2.05) is 0 Å². The second-order valence-electron chi connectivity index (χ2n) is 9.27. The van der Waals surface area contributed by atoms with Crippen LogP contribution in [0.5, 0.6) is 5.75 Å². The molecule has 0 radical (unpaired) electrons. The molecule has 2 aromatic carbocycles. The number of nitro groups is 1. The van der Waals surface area contributed by atoms with Crippen LogP contribution in [0, 0.1) is 17.0 Å².